The maximum Gasteiger partial charge on any atom is 0.105 e. The van der Waals surface area contributed by atoms with Crippen molar-refractivity contribution in [2.24, 2.45) is 0 Å². The van der Waals surface area contributed by atoms with Crippen LogP contribution in [0.3, 0.4) is 0 Å². The summed E-state index contributed by atoms with van der Waals surface area (Å²) in [6.07, 6.45) is 3.15. The number of piperidine rings is 1. The molecular formula is C12H16ClNOS. The van der Waals surface area contributed by atoms with Crippen LogP contribution in [0.5, 0.6) is 0 Å². The van der Waals surface area contributed by atoms with Crippen molar-refractivity contribution < 1.29 is 4.74 Å². The molecule has 1 aromatic rings. The van der Waals surface area contributed by atoms with E-state index in [0.717, 1.165) is 36.8 Å². The zero-order valence-corrected chi connectivity index (χ0v) is 11.0. The van der Waals surface area contributed by atoms with Crippen LogP contribution in [0, 0.1) is 0 Å². The molecule has 1 aromatic heterocycles. The Bertz CT molecular complexity index is 406. The normalized spacial score (nSPS) is 34.0. The molecule has 3 heterocycles. The summed E-state index contributed by atoms with van der Waals surface area (Å²) >= 11 is 7.85. The lowest BCUT2D eigenvalue weighted by atomic mass is 9.83. The standard InChI is InChI=1S/C12H16ClNOS/c1-8-7-12(3-4-14-8)11-9(2-5-15-12)6-10(13)16-11/h6,8,14H,2-5,7H2,1H3/t8-,12-/m0/s1. The number of hydrogen-bond acceptors (Lipinski definition) is 3. The molecule has 0 aliphatic carbocycles. The molecule has 16 heavy (non-hydrogen) atoms. The van der Waals surface area contributed by atoms with Gasteiger partial charge in [0.25, 0.3) is 0 Å². The van der Waals surface area contributed by atoms with Crippen molar-refractivity contribution in [1.82, 2.24) is 5.32 Å². The summed E-state index contributed by atoms with van der Waals surface area (Å²) in [7, 11) is 0. The predicted octanol–water partition coefficient (Wildman–Crippen LogP) is 2.94. The summed E-state index contributed by atoms with van der Waals surface area (Å²) in [5.74, 6) is 0. The number of thiophene rings is 1. The van der Waals surface area contributed by atoms with Crippen molar-refractivity contribution in [2.45, 2.75) is 37.8 Å². The third-order valence-electron chi connectivity index (χ3n) is 3.60. The van der Waals surface area contributed by atoms with E-state index in [-0.39, 0.29) is 5.60 Å². The first-order valence-electron chi connectivity index (χ1n) is 5.86. The monoisotopic (exact) mass is 257 g/mol. The Morgan fingerprint density at radius 3 is 3.31 bits per heavy atom. The molecule has 0 amide bonds. The summed E-state index contributed by atoms with van der Waals surface area (Å²) < 4.78 is 7.03. The van der Waals surface area contributed by atoms with E-state index >= 15 is 0 Å². The van der Waals surface area contributed by atoms with Gasteiger partial charge < -0.3 is 10.1 Å². The van der Waals surface area contributed by atoms with Crippen LogP contribution in [0.1, 0.15) is 30.2 Å². The SMILES string of the molecule is C[C@H]1C[C@]2(CCN1)OCCc1cc(Cl)sc12. The van der Waals surface area contributed by atoms with E-state index in [9.17, 15) is 0 Å². The highest BCUT2D eigenvalue weighted by Gasteiger charge is 2.42. The van der Waals surface area contributed by atoms with Gasteiger partial charge in [-0.3, -0.25) is 0 Å². The number of rotatable bonds is 0. The first kappa shape index (κ1) is 11.0. The summed E-state index contributed by atoms with van der Waals surface area (Å²) in [6.45, 7) is 4.11. The van der Waals surface area contributed by atoms with Gasteiger partial charge in [-0.25, -0.2) is 0 Å². The second-order valence-corrected chi connectivity index (χ2v) is 6.49. The lowest BCUT2D eigenvalue weighted by molar-refractivity contribution is -0.0848. The van der Waals surface area contributed by atoms with Gasteiger partial charge in [0.2, 0.25) is 0 Å². The first-order chi connectivity index (χ1) is 7.70. The van der Waals surface area contributed by atoms with Crippen molar-refractivity contribution in [1.29, 1.82) is 0 Å². The van der Waals surface area contributed by atoms with Gasteiger partial charge in [0.1, 0.15) is 5.60 Å². The third-order valence-corrected chi connectivity index (χ3v) is 5.09. The number of hydrogen-bond donors (Lipinski definition) is 1. The van der Waals surface area contributed by atoms with Crippen molar-refractivity contribution in [3.05, 3.63) is 20.8 Å². The van der Waals surface area contributed by atoms with Crippen LogP contribution in [0.2, 0.25) is 4.34 Å². The molecule has 2 aliphatic rings. The van der Waals surface area contributed by atoms with Crippen molar-refractivity contribution in [3.8, 4) is 0 Å². The van der Waals surface area contributed by atoms with E-state index in [1.165, 1.54) is 10.4 Å². The number of nitrogens with one attached hydrogen (secondary N) is 1. The summed E-state index contributed by atoms with van der Waals surface area (Å²) in [5.41, 5.74) is 1.37. The molecule has 1 N–H and O–H groups in total. The average Bonchev–Trinajstić information content (AvgIpc) is 2.60. The minimum atomic E-state index is -0.0456. The highest BCUT2D eigenvalue weighted by atomic mass is 35.5. The zero-order chi connectivity index (χ0) is 11.2. The molecule has 3 rings (SSSR count). The van der Waals surface area contributed by atoms with Gasteiger partial charge in [0, 0.05) is 10.9 Å². The van der Waals surface area contributed by atoms with E-state index in [0.29, 0.717) is 6.04 Å². The molecule has 4 heteroatoms. The fourth-order valence-corrected chi connectivity index (χ4v) is 4.40. The molecule has 0 aromatic carbocycles. The van der Waals surface area contributed by atoms with E-state index in [2.05, 4.69) is 18.3 Å². The lowest BCUT2D eigenvalue weighted by Crippen LogP contribution is -2.48. The van der Waals surface area contributed by atoms with E-state index in [4.69, 9.17) is 16.3 Å². The number of fused-ring (bicyclic) bond motifs is 2. The lowest BCUT2D eigenvalue weighted by Gasteiger charge is -2.42. The van der Waals surface area contributed by atoms with Crippen LogP contribution in [-0.4, -0.2) is 19.2 Å². The minimum Gasteiger partial charge on any atom is -0.369 e. The van der Waals surface area contributed by atoms with Crippen molar-refractivity contribution in [2.75, 3.05) is 13.2 Å². The Morgan fingerprint density at radius 1 is 1.62 bits per heavy atom. The van der Waals surface area contributed by atoms with Gasteiger partial charge in [-0.1, -0.05) is 11.6 Å². The topological polar surface area (TPSA) is 21.3 Å². The molecule has 1 saturated heterocycles. The van der Waals surface area contributed by atoms with Gasteiger partial charge in [-0.05, 0) is 44.4 Å². The molecule has 1 spiro atoms. The molecule has 2 atom stereocenters. The molecule has 0 unspecified atom stereocenters. The molecular weight excluding hydrogens is 242 g/mol. The maximum atomic E-state index is 6.14. The Hall–Kier alpha value is -0.0900. The second kappa shape index (κ2) is 3.98. The number of ether oxygens (including phenoxy) is 1. The fraction of sp³-hybridized carbons (Fsp3) is 0.667. The molecule has 88 valence electrons. The Morgan fingerprint density at radius 2 is 2.50 bits per heavy atom. The predicted molar refractivity (Wildman–Crippen MR) is 67.4 cm³/mol. The van der Waals surface area contributed by atoms with Crippen LogP contribution in [0.25, 0.3) is 0 Å². The maximum absolute atomic E-state index is 6.14. The number of halogens is 1. The highest BCUT2D eigenvalue weighted by molar-refractivity contribution is 7.16. The van der Waals surface area contributed by atoms with Crippen LogP contribution < -0.4 is 5.32 Å². The Labute approximate surface area is 105 Å². The van der Waals surface area contributed by atoms with Gasteiger partial charge in [-0.2, -0.15) is 0 Å². The summed E-state index contributed by atoms with van der Waals surface area (Å²) in [6, 6.07) is 2.65. The minimum absolute atomic E-state index is 0.0456. The van der Waals surface area contributed by atoms with Gasteiger partial charge >= 0.3 is 0 Å². The molecule has 0 bridgehead atoms. The fourth-order valence-electron chi connectivity index (χ4n) is 2.91. The Balaban J connectivity index is 2.02. The van der Waals surface area contributed by atoms with Crippen molar-refractivity contribution >= 4 is 22.9 Å². The van der Waals surface area contributed by atoms with Crippen LogP contribution in [-0.2, 0) is 16.8 Å². The van der Waals surface area contributed by atoms with Gasteiger partial charge in [-0.15, -0.1) is 11.3 Å². The van der Waals surface area contributed by atoms with E-state index in [1.54, 1.807) is 11.3 Å². The quantitative estimate of drug-likeness (QED) is 0.772. The summed E-state index contributed by atoms with van der Waals surface area (Å²) in [5, 5.41) is 3.48. The third kappa shape index (κ3) is 1.70. The highest BCUT2D eigenvalue weighted by Crippen LogP contribution is 2.46. The van der Waals surface area contributed by atoms with Crippen LogP contribution >= 0.6 is 22.9 Å². The van der Waals surface area contributed by atoms with E-state index in [1.807, 2.05) is 0 Å². The van der Waals surface area contributed by atoms with Crippen LogP contribution in [0.15, 0.2) is 6.07 Å². The zero-order valence-electron chi connectivity index (χ0n) is 9.38. The largest absolute Gasteiger partial charge is 0.369 e. The van der Waals surface area contributed by atoms with Crippen LogP contribution in [0.4, 0.5) is 0 Å². The van der Waals surface area contributed by atoms with Crippen molar-refractivity contribution in [3.63, 3.8) is 0 Å². The Kier molecular flexibility index (Phi) is 2.75. The first-order valence-corrected chi connectivity index (χ1v) is 7.05. The molecule has 1 fully saturated rings. The molecule has 2 aliphatic heterocycles. The smallest absolute Gasteiger partial charge is 0.105 e. The van der Waals surface area contributed by atoms with Gasteiger partial charge in [0.15, 0.2) is 0 Å². The average molecular weight is 258 g/mol. The second-order valence-electron chi connectivity index (χ2n) is 4.81. The van der Waals surface area contributed by atoms with Gasteiger partial charge in [0.05, 0.1) is 10.9 Å². The molecule has 2 nitrogen and oxygen atoms in total. The summed E-state index contributed by atoms with van der Waals surface area (Å²) in [4.78, 5) is 1.39. The molecule has 0 radical (unpaired) electrons. The van der Waals surface area contributed by atoms with E-state index < -0.39 is 0 Å². The molecule has 0 saturated carbocycles.